The van der Waals surface area contributed by atoms with Gasteiger partial charge in [0.15, 0.2) is 0 Å². The monoisotopic (exact) mass is 314 g/mol. The fraction of sp³-hybridized carbons (Fsp3) is 0.455. The smallest absolute Gasteiger partial charge is 0.243 e. The second kappa shape index (κ2) is 5.34. The van der Waals surface area contributed by atoms with Crippen molar-refractivity contribution in [2.24, 2.45) is 8.73 Å². The largest absolute Gasteiger partial charge is 0.378 e. The number of ether oxygens (including phenoxy) is 1. The Bertz CT molecular complexity index is 698. The zero-order valence-corrected chi connectivity index (χ0v) is 12.4. The second-order valence-corrected chi connectivity index (χ2v) is 6.76. The topological polar surface area (TPSA) is 92.2 Å². The fourth-order valence-electron chi connectivity index (χ4n) is 2.28. The van der Waals surface area contributed by atoms with Crippen LogP contribution in [0.25, 0.3) is 0 Å². The van der Waals surface area contributed by atoms with Crippen LogP contribution in [0, 0.1) is 0 Å². The minimum absolute atomic E-state index is 0.158. The van der Waals surface area contributed by atoms with Gasteiger partial charge in [0.25, 0.3) is 0 Å². The Labute approximate surface area is 120 Å². The lowest BCUT2D eigenvalue weighted by atomic mass is 10.2. The van der Waals surface area contributed by atoms with Crippen LogP contribution in [0.1, 0.15) is 0 Å². The molecule has 3 rings (SSSR count). The van der Waals surface area contributed by atoms with Crippen LogP contribution in [0.2, 0.25) is 0 Å². The number of fused-ring (bicyclic) bond motifs is 1. The third-order valence-electron chi connectivity index (χ3n) is 3.31. The van der Waals surface area contributed by atoms with E-state index in [9.17, 15) is 8.42 Å². The first-order valence-electron chi connectivity index (χ1n) is 6.09. The van der Waals surface area contributed by atoms with E-state index in [-0.39, 0.29) is 17.0 Å². The maximum absolute atomic E-state index is 12.5. The number of nitrogens with zero attached hydrogens (tertiary/aromatic N) is 2. The first kappa shape index (κ1) is 13.8. The molecule has 108 valence electrons. The number of nitrogens with one attached hydrogen (secondary N) is 2. The summed E-state index contributed by atoms with van der Waals surface area (Å²) in [5, 5.41) is 3.10. The zero-order chi connectivity index (χ0) is 14.2. The van der Waals surface area contributed by atoms with Gasteiger partial charge in [0.2, 0.25) is 10.0 Å². The van der Waals surface area contributed by atoms with E-state index in [1.807, 2.05) is 0 Å². The molecule has 2 atom stereocenters. The molecular formula is C11H14N4O3S2. The molecule has 0 aromatic heterocycles. The van der Waals surface area contributed by atoms with Crippen molar-refractivity contribution in [2.45, 2.75) is 17.0 Å². The molecule has 1 unspecified atom stereocenters. The number of hydrogen-bond acceptors (Lipinski definition) is 6. The van der Waals surface area contributed by atoms with Gasteiger partial charge in [0, 0.05) is 20.2 Å². The minimum Gasteiger partial charge on any atom is -0.378 e. The summed E-state index contributed by atoms with van der Waals surface area (Å²) in [4.78, 5) is 0.158. The summed E-state index contributed by atoms with van der Waals surface area (Å²) >= 11 is 1.00. The normalized spacial score (nSPS) is 24.6. The highest BCUT2D eigenvalue weighted by Crippen LogP contribution is 2.37. The maximum Gasteiger partial charge on any atom is 0.243 e. The molecule has 2 N–H and O–H groups in total. The van der Waals surface area contributed by atoms with Crippen LogP contribution in [0.15, 0.2) is 31.8 Å². The lowest BCUT2D eigenvalue weighted by Crippen LogP contribution is -2.43. The molecule has 1 aromatic rings. The maximum atomic E-state index is 12.5. The standard InChI is InChI=1S/C11H14N4O3S2/c1-18-9-6-12-5-8(9)15-20(16,17)10-4-2-3-7-11(10)14-19-13-7/h2-4,8-9,12,15H,5-6H2,1H3/t8?,9-/m0/s1. The van der Waals surface area contributed by atoms with Gasteiger partial charge < -0.3 is 10.1 Å². The fourth-order valence-corrected chi connectivity index (χ4v) is 4.31. The summed E-state index contributed by atoms with van der Waals surface area (Å²) in [5.74, 6) is 0. The number of methoxy groups -OCH3 is 1. The van der Waals surface area contributed by atoms with Crippen molar-refractivity contribution >= 4 is 32.8 Å². The van der Waals surface area contributed by atoms with Gasteiger partial charge in [-0.15, -0.1) is 0 Å². The van der Waals surface area contributed by atoms with Crippen molar-refractivity contribution in [1.29, 1.82) is 0 Å². The van der Waals surface area contributed by atoms with Gasteiger partial charge in [0.1, 0.15) is 16.3 Å². The summed E-state index contributed by atoms with van der Waals surface area (Å²) in [6.07, 6.45) is -0.169. The predicted octanol–water partition coefficient (Wildman–Crippen LogP) is 0.678. The van der Waals surface area contributed by atoms with E-state index in [0.29, 0.717) is 24.5 Å². The minimum atomic E-state index is -3.65. The second-order valence-electron chi connectivity index (χ2n) is 4.55. The lowest BCUT2D eigenvalue weighted by Gasteiger charge is -2.19. The number of hydrogen-bond donors (Lipinski definition) is 2. The Morgan fingerprint density at radius 1 is 1.40 bits per heavy atom. The summed E-state index contributed by atoms with van der Waals surface area (Å²) < 4.78 is 41.1. The first-order valence-corrected chi connectivity index (χ1v) is 8.30. The highest BCUT2D eigenvalue weighted by atomic mass is 32.2. The van der Waals surface area contributed by atoms with E-state index in [1.54, 1.807) is 19.2 Å². The zero-order valence-electron chi connectivity index (χ0n) is 10.7. The average molecular weight is 314 g/mol. The van der Waals surface area contributed by atoms with E-state index >= 15 is 0 Å². The summed E-state index contributed by atoms with van der Waals surface area (Å²) in [7, 11) is -2.08. The summed E-state index contributed by atoms with van der Waals surface area (Å²) in [5.41, 5.74) is 0.996. The molecule has 0 aliphatic carbocycles. The van der Waals surface area contributed by atoms with Crippen molar-refractivity contribution < 1.29 is 13.2 Å². The molecule has 0 bridgehead atoms. The molecule has 0 spiro atoms. The van der Waals surface area contributed by atoms with E-state index in [0.717, 1.165) is 11.4 Å². The van der Waals surface area contributed by atoms with Gasteiger partial charge in [-0.1, -0.05) is 6.07 Å². The molecule has 9 heteroatoms. The van der Waals surface area contributed by atoms with Gasteiger partial charge in [-0.05, 0) is 12.1 Å². The Balaban J connectivity index is 1.90. The van der Waals surface area contributed by atoms with Crippen LogP contribution < -0.4 is 10.0 Å². The van der Waals surface area contributed by atoms with Crippen molar-refractivity contribution in [3.05, 3.63) is 18.2 Å². The molecule has 1 aromatic carbocycles. The highest BCUT2D eigenvalue weighted by Gasteiger charge is 2.32. The van der Waals surface area contributed by atoms with Crippen LogP contribution in [-0.2, 0) is 26.1 Å². The molecular weight excluding hydrogens is 300 g/mol. The molecule has 1 fully saturated rings. The van der Waals surface area contributed by atoms with E-state index < -0.39 is 10.0 Å². The van der Waals surface area contributed by atoms with E-state index in [4.69, 9.17) is 4.74 Å². The Hall–Kier alpha value is -1.13. The molecule has 20 heavy (non-hydrogen) atoms. The van der Waals surface area contributed by atoms with E-state index in [1.165, 1.54) is 6.07 Å². The molecule has 0 amide bonds. The molecule has 2 aliphatic rings. The third-order valence-corrected chi connectivity index (χ3v) is 5.37. The average Bonchev–Trinajstić information content (AvgIpc) is 3.05. The SMILES string of the molecule is CO[C@H]1CNCC1NS(=O)(=O)c1cccc2c1N=S=N2. The summed E-state index contributed by atoms with van der Waals surface area (Å²) in [6, 6.07) is 4.66. The van der Waals surface area contributed by atoms with Gasteiger partial charge in [-0.2, -0.15) is 8.73 Å². The van der Waals surface area contributed by atoms with Crippen molar-refractivity contribution in [2.75, 3.05) is 20.2 Å². The van der Waals surface area contributed by atoms with Crippen molar-refractivity contribution in [1.82, 2.24) is 10.0 Å². The van der Waals surface area contributed by atoms with Crippen LogP contribution in [0.3, 0.4) is 0 Å². The predicted molar refractivity (Wildman–Crippen MR) is 75.8 cm³/mol. The number of rotatable bonds is 4. The van der Waals surface area contributed by atoms with Crippen LogP contribution in [-0.4, -0.2) is 40.8 Å². The molecule has 0 saturated carbocycles. The molecule has 7 nitrogen and oxygen atoms in total. The number of sulfonamides is 1. The van der Waals surface area contributed by atoms with Crippen LogP contribution in [0.5, 0.6) is 0 Å². The van der Waals surface area contributed by atoms with Crippen molar-refractivity contribution in [3.63, 3.8) is 0 Å². The highest BCUT2D eigenvalue weighted by molar-refractivity contribution is 7.89. The van der Waals surface area contributed by atoms with Gasteiger partial charge >= 0.3 is 0 Å². The van der Waals surface area contributed by atoms with Gasteiger partial charge in [-0.3, -0.25) is 0 Å². The van der Waals surface area contributed by atoms with Crippen molar-refractivity contribution in [3.8, 4) is 0 Å². The lowest BCUT2D eigenvalue weighted by molar-refractivity contribution is 0.103. The van der Waals surface area contributed by atoms with Crippen LogP contribution >= 0.6 is 0 Å². The quantitative estimate of drug-likeness (QED) is 0.868. The molecule has 1 saturated heterocycles. The Morgan fingerprint density at radius 2 is 2.25 bits per heavy atom. The molecule has 2 aliphatic heterocycles. The molecule has 0 radical (unpaired) electrons. The van der Waals surface area contributed by atoms with Crippen LogP contribution in [0.4, 0.5) is 11.4 Å². The molecule has 2 heterocycles. The number of benzene rings is 1. The Kier molecular flexibility index (Phi) is 3.69. The van der Waals surface area contributed by atoms with Gasteiger partial charge in [-0.25, -0.2) is 13.1 Å². The third kappa shape index (κ3) is 2.42. The Morgan fingerprint density at radius 3 is 3.05 bits per heavy atom. The van der Waals surface area contributed by atoms with Gasteiger partial charge in [0.05, 0.1) is 23.5 Å². The summed E-state index contributed by atoms with van der Waals surface area (Å²) in [6.45, 7) is 1.18. The first-order chi connectivity index (χ1) is 9.62. The van der Waals surface area contributed by atoms with E-state index in [2.05, 4.69) is 18.8 Å².